The Hall–Kier alpha value is -2.14. The predicted molar refractivity (Wildman–Crippen MR) is 80.7 cm³/mol. The third-order valence-electron chi connectivity index (χ3n) is 3.53. The fourth-order valence-corrected chi connectivity index (χ4v) is 2.52. The molecule has 1 amide bonds. The molecule has 1 saturated heterocycles. The lowest BCUT2D eigenvalue weighted by molar-refractivity contribution is -0.125. The van der Waals surface area contributed by atoms with Crippen molar-refractivity contribution in [1.29, 1.82) is 0 Å². The van der Waals surface area contributed by atoms with Crippen LogP contribution in [0.3, 0.4) is 0 Å². The van der Waals surface area contributed by atoms with E-state index in [2.05, 4.69) is 10.2 Å². The smallest absolute Gasteiger partial charge is 0.246 e. The summed E-state index contributed by atoms with van der Waals surface area (Å²) in [7, 11) is 0. The third-order valence-corrected chi connectivity index (χ3v) is 3.78. The highest BCUT2D eigenvalue weighted by molar-refractivity contribution is 6.30. The maximum absolute atomic E-state index is 12.2. The first-order chi connectivity index (χ1) is 10.2. The van der Waals surface area contributed by atoms with E-state index in [-0.39, 0.29) is 11.9 Å². The maximum atomic E-state index is 12.2. The highest BCUT2D eigenvalue weighted by Crippen LogP contribution is 2.20. The van der Waals surface area contributed by atoms with Crippen LogP contribution in [0.15, 0.2) is 42.7 Å². The summed E-state index contributed by atoms with van der Waals surface area (Å²) in [5.74, 6) is 0.0135. The highest BCUT2D eigenvalue weighted by Gasteiger charge is 2.27. The average Bonchev–Trinajstić information content (AvgIpc) is 3.17. The molecule has 3 rings (SSSR count). The molecular weight excluding hydrogens is 288 g/mol. The molecule has 0 bridgehead atoms. The number of amides is 1. The molecule has 0 radical (unpaired) electrons. The molecule has 1 aliphatic rings. The van der Waals surface area contributed by atoms with Gasteiger partial charge in [-0.2, -0.15) is 15.0 Å². The van der Waals surface area contributed by atoms with Gasteiger partial charge in [-0.15, -0.1) is 0 Å². The maximum Gasteiger partial charge on any atom is 0.246 e. The summed E-state index contributed by atoms with van der Waals surface area (Å²) in [5, 5.41) is 8.95. The van der Waals surface area contributed by atoms with Crippen molar-refractivity contribution in [2.24, 2.45) is 0 Å². The van der Waals surface area contributed by atoms with Crippen molar-refractivity contribution in [3.8, 4) is 0 Å². The van der Waals surface area contributed by atoms with Crippen LogP contribution in [-0.2, 0) is 4.79 Å². The normalized spacial score (nSPS) is 18.5. The zero-order chi connectivity index (χ0) is 14.7. The average molecular weight is 303 g/mol. The lowest BCUT2D eigenvalue weighted by Gasteiger charge is -2.13. The molecule has 21 heavy (non-hydrogen) atoms. The van der Waals surface area contributed by atoms with Crippen molar-refractivity contribution in [1.82, 2.24) is 19.9 Å². The number of aromatic nitrogens is 3. The second-order valence-corrected chi connectivity index (χ2v) is 5.40. The Labute approximate surface area is 127 Å². The second kappa shape index (κ2) is 6.10. The van der Waals surface area contributed by atoms with Gasteiger partial charge in [0.05, 0.1) is 18.4 Å². The molecule has 5 nitrogen and oxygen atoms in total. The van der Waals surface area contributed by atoms with Crippen molar-refractivity contribution < 1.29 is 4.79 Å². The van der Waals surface area contributed by atoms with Crippen LogP contribution >= 0.6 is 11.6 Å². The summed E-state index contributed by atoms with van der Waals surface area (Å²) in [5.41, 5.74) is 0.956. The van der Waals surface area contributed by atoms with Gasteiger partial charge in [0.15, 0.2) is 0 Å². The summed E-state index contributed by atoms with van der Waals surface area (Å²) in [6, 6.07) is 7.55. The number of halogens is 1. The van der Waals surface area contributed by atoms with Gasteiger partial charge in [0.1, 0.15) is 0 Å². The molecule has 2 aromatic rings. The molecule has 108 valence electrons. The molecule has 1 aromatic heterocycles. The van der Waals surface area contributed by atoms with Gasteiger partial charge in [-0.1, -0.05) is 23.7 Å². The SMILES string of the molecule is O=C(/C=C/c1ccc(Cl)cc1)N1CCC(n2nccn2)C1. The molecule has 1 aliphatic heterocycles. The van der Waals surface area contributed by atoms with Crippen LogP contribution in [0.25, 0.3) is 6.08 Å². The van der Waals surface area contributed by atoms with Gasteiger partial charge in [-0.25, -0.2) is 0 Å². The number of hydrogen-bond donors (Lipinski definition) is 0. The second-order valence-electron chi connectivity index (χ2n) is 4.96. The monoisotopic (exact) mass is 302 g/mol. The molecule has 1 atom stereocenters. The molecule has 1 aromatic carbocycles. The Morgan fingerprint density at radius 1 is 1.24 bits per heavy atom. The molecule has 0 aliphatic carbocycles. The summed E-state index contributed by atoms with van der Waals surface area (Å²) in [4.78, 5) is 15.7. The Morgan fingerprint density at radius 3 is 2.67 bits per heavy atom. The fourth-order valence-electron chi connectivity index (χ4n) is 2.39. The summed E-state index contributed by atoms with van der Waals surface area (Å²) >= 11 is 5.83. The van der Waals surface area contributed by atoms with Crippen LogP contribution in [-0.4, -0.2) is 38.9 Å². The number of benzene rings is 1. The van der Waals surface area contributed by atoms with Gasteiger partial charge in [0.2, 0.25) is 5.91 Å². The molecule has 1 fully saturated rings. The first kappa shape index (κ1) is 13.8. The molecular formula is C15H15ClN4O. The van der Waals surface area contributed by atoms with Crippen molar-refractivity contribution >= 4 is 23.6 Å². The first-order valence-electron chi connectivity index (χ1n) is 6.81. The Balaban J connectivity index is 1.60. The van der Waals surface area contributed by atoms with E-state index < -0.39 is 0 Å². The van der Waals surface area contributed by atoms with Gasteiger partial charge < -0.3 is 4.90 Å². The number of likely N-dealkylation sites (tertiary alicyclic amines) is 1. The van der Waals surface area contributed by atoms with Crippen LogP contribution in [0.2, 0.25) is 5.02 Å². The molecule has 2 heterocycles. The largest absolute Gasteiger partial charge is 0.337 e. The van der Waals surface area contributed by atoms with Crippen LogP contribution in [0, 0.1) is 0 Å². The van der Waals surface area contributed by atoms with Crippen LogP contribution in [0.4, 0.5) is 0 Å². The molecule has 0 N–H and O–H groups in total. The Morgan fingerprint density at radius 2 is 1.95 bits per heavy atom. The van der Waals surface area contributed by atoms with E-state index in [1.165, 1.54) is 0 Å². The van der Waals surface area contributed by atoms with E-state index in [1.54, 1.807) is 41.5 Å². The molecule has 6 heteroatoms. The van der Waals surface area contributed by atoms with Gasteiger partial charge in [-0.3, -0.25) is 4.79 Å². The fraction of sp³-hybridized carbons (Fsp3) is 0.267. The predicted octanol–water partition coefficient (Wildman–Crippen LogP) is 2.42. The standard InChI is InChI=1S/C15H15ClN4O/c16-13-4-1-12(2-5-13)3-6-15(21)19-10-7-14(11-19)20-17-8-9-18-20/h1-6,8-9,14H,7,10-11H2/b6-3+. The van der Waals surface area contributed by atoms with E-state index in [0.717, 1.165) is 18.5 Å². The van der Waals surface area contributed by atoms with Gasteiger partial charge in [0, 0.05) is 24.2 Å². The van der Waals surface area contributed by atoms with E-state index in [4.69, 9.17) is 11.6 Å². The number of rotatable bonds is 3. The van der Waals surface area contributed by atoms with Crippen LogP contribution in [0.5, 0.6) is 0 Å². The van der Waals surface area contributed by atoms with Crippen LogP contribution < -0.4 is 0 Å². The topological polar surface area (TPSA) is 51.0 Å². The third kappa shape index (κ3) is 3.31. The first-order valence-corrected chi connectivity index (χ1v) is 7.18. The lowest BCUT2D eigenvalue weighted by atomic mass is 10.2. The molecule has 0 saturated carbocycles. The summed E-state index contributed by atoms with van der Waals surface area (Å²) < 4.78 is 0. The summed E-state index contributed by atoms with van der Waals surface area (Å²) in [6.45, 7) is 1.38. The van der Waals surface area contributed by atoms with E-state index >= 15 is 0 Å². The minimum atomic E-state index is 0.0135. The van der Waals surface area contributed by atoms with E-state index in [1.807, 2.05) is 17.0 Å². The number of nitrogens with zero attached hydrogens (tertiary/aromatic N) is 4. The van der Waals surface area contributed by atoms with Crippen molar-refractivity contribution in [3.05, 3.63) is 53.3 Å². The summed E-state index contributed by atoms with van der Waals surface area (Å²) in [6.07, 6.45) is 7.60. The minimum absolute atomic E-state index is 0.0135. The van der Waals surface area contributed by atoms with E-state index in [0.29, 0.717) is 11.6 Å². The number of hydrogen-bond acceptors (Lipinski definition) is 3. The number of carbonyl (C=O) groups excluding carboxylic acids is 1. The van der Waals surface area contributed by atoms with Crippen molar-refractivity contribution in [2.45, 2.75) is 12.5 Å². The van der Waals surface area contributed by atoms with Crippen LogP contribution in [0.1, 0.15) is 18.0 Å². The zero-order valence-electron chi connectivity index (χ0n) is 11.4. The Bertz CT molecular complexity index is 636. The van der Waals surface area contributed by atoms with Gasteiger partial charge in [-0.05, 0) is 30.2 Å². The van der Waals surface area contributed by atoms with Gasteiger partial charge >= 0.3 is 0 Å². The zero-order valence-corrected chi connectivity index (χ0v) is 12.1. The Kier molecular flexibility index (Phi) is 4.01. The lowest BCUT2D eigenvalue weighted by Crippen LogP contribution is -2.27. The molecule has 1 unspecified atom stereocenters. The minimum Gasteiger partial charge on any atom is -0.337 e. The molecule has 0 spiro atoms. The van der Waals surface area contributed by atoms with E-state index in [9.17, 15) is 4.79 Å². The quantitative estimate of drug-likeness (QED) is 0.818. The van der Waals surface area contributed by atoms with Crippen molar-refractivity contribution in [2.75, 3.05) is 13.1 Å². The highest BCUT2D eigenvalue weighted by atomic mass is 35.5. The number of carbonyl (C=O) groups is 1. The van der Waals surface area contributed by atoms with Crippen molar-refractivity contribution in [3.63, 3.8) is 0 Å². The van der Waals surface area contributed by atoms with Gasteiger partial charge in [0.25, 0.3) is 0 Å².